The monoisotopic (exact) mass is 389 g/mol. The average Bonchev–Trinajstić information content (AvgIpc) is 2.99. The van der Waals surface area contributed by atoms with Gasteiger partial charge in [-0.15, -0.1) is 0 Å². The number of carbonyl (C=O) groups is 2. The van der Waals surface area contributed by atoms with E-state index < -0.39 is 17.8 Å². The number of aromatic nitrogens is 2. The maximum atomic E-state index is 12.2. The molecule has 0 atom stereocenters. The Morgan fingerprint density at radius 3 is 2.41 bits per heavy atom. The van der Waals surface area contributed by atoms with Crippen LogP contribution in [0.25, 0.3) is 0 Å². The predicted octanol–water partition coefficient (Wildman–Crippen LogP) is 2.04. The van der Waals surface area contributed by atoms with Gasteiger partial charge in [0.05, 0.1) is 24.1 Å². The summed E-state index contributed by atoms with van der Waals surface area (Å²) in [6, 6.07) is 1.32. The van der Waals surface area contributed by atoms with E-state index >= 15 is 0 Å². The molecular weight excluding hydrogens is 371 g/mol. The van der Waals surface area contributed by atoms with E-state index in [1.54, 1.807) is 26.4 Å². The first kappa shape index (κ1) is 21.9. The summed E-state index contributed by atoms with van der Waals surface area (Å²) in [5.41, 5.74) is 1.50. The summed E-state index contributed by atoms with van der Waals surface area (Å²) >= 11 is 0. The fraction of sp³-hybridized carbons (Fsp3) is 0.375. The van der Waals surface area contributed by atoms with E-state index in [0.717, 1.165) is 12.2 Å². The van der Waals surface area contributed by atoms with Crippen molar-refractivity contribution in [2.24, 2.45) is 0 Å². The molecule has 11 heteroatoms. The van der Waals surface area contributed by atoms with Crippen LogP contribution >= 0.6 is 0 Å². The van der Waals surface area contributed by atoms with Gasteiger partial charge in [-0.2, -0.15) is 13.2 Å². The summed E-state index contributed by atoms with van der Waals surface area (Å²) in [5.74, 6) is -2.68. The molecule has 2 N–H and O–H groups in total. The lowest BCUT2D eigenvalue weighted by Crippen LogP contribution is -2.26. The van der Waals surface area contributed by atoms with Crippen LogP contribution in [0.5, 0.6) is 0 Å². The lowest BCUT2D eigenvalue weighted by atomic mass is 10.1. The molecule has 2 heterocycles. The van der Waals surface area contributed by atoms with Crippen LogP contribution in [0.15, 0.2) is 27.8 Å². The third kappa shape index (κ3) is 6.28. The lowest BCUT2D eigenvalue weighted by Gasteiger charge is -2.10. The van der Waals surface area contributed by atoms with Gasteiger partial charge in [-0.3, -0.25) is 4.79 Å². The van der Waals surface area contributed by atoms with Crippen LogP contribution in [-0.2, 0) is 17.9 Å². The molecule has 2 aromatic heterocycles. The zero-order chi connectivity index (χ0) is 20.8. The molecule has 0 aliphatic heterocycles. The van der Waals surface area contributed by atoms with Gasteiger partial charge in [0, 0.05) is 18.8 Å². The molecule has 0 unspecified atom stereocenters. The van der Waals surface area contributed by atoms with E-state index in [2.05, 4.69) is 10.3 Å². The fourth-order valence-corrected chi connectivity index (χ4v) is 2.14. The van der Waals surface area contributed by atoms with Crippen LogP contribution in [-0.4, -0.2) is 32.7 Å². The van der Waals surface area contributed by atoms with Crippen molar-refractivity contribution in [3.8, 4) is 0 Å². The van der Waals surface area contributed by atoms with E-state index in [1.165, 1.54) is 6.07 Å². The maximum Gasteiger partial charge on any atom is 0.490 e. The van der Waals surface area contributed by atoms with Gasteiger partial charge < -0.3 is 19.4 Å². The van der Waals surface area contributed by atoms with Gasteiger partial charge in [-0.05, 0) is 26.3 Å². The molecule has 148 valence electrons. The maximum absolute atomic E-state index is 12.2. The Kier molecular flexibility index (Phi) is 7.32. The van der Waals surface area contributed by atoms with Gasteiger partial charge in [0.2, 0.25) is 0 Å². The minimum Gasteiger partial charge on any atom is -0.475 e. The largest absolute Gasteiger partial charge is 0.490 e. The summed E-state index contributed by atoms with van der Waals surface area (Å²) in [4.78, 5) is 36.3. The summed E-state index contributed by atoms with van der Waals surface area (Å²) in [7, 11) is 0. The van der Waals surface area contributed by atoms with E-state index in [-0.39, 0.29) is 5.91 Å². The number of imidazole rings is 1. The number of hydrogen-bond donors (Lipinski definition) is 2. The molecule has 8 nitrogen and oxygen atoms in total. The highest BCUT2D eigenvalue weighted by Crippen LogP contribution is 2.13. The number of nitrogens with zero attached hydrogens (tertiary/aromatic N) is 2. The first-order chi connectivity index (χ1) is 12.5. The second-order valence-electron chi connectivity index (χ2n) is 5.34. The molecule has 0 aliphatic carbocycles. The number of aliphatic carboxylic acids is 1. The highest BCUT2D eigenvalue weighted by atomic mass is 19.4. The van der Waals surface area contributed by atoms with Crippen LogP contribution < -0.4 is 10.9 Å². The Balaban J connectivity index is 0.000000445. The normalized spacial score (nSPS) is 10.7. The van der Waals surface area contributed by atoms with Crippen molar-refractivity contribution in [3.63, 3.8) is 0 Å². The van der Waals surface area contributed by atoms with Crippen molar-refractivity contribution in [1.82, 2.24) is 14.9 Å². The van der Waals surface area contributed by atoms with Crippen molar-refractivity contribution in [1.29, 1.82) is 0 Å². The zero-order valence-corrected chi connectivity index (χ0v) is 14.8. The Bertz CT molecular complexity index is 845. The van der Waals surface area contributed by atoms with Gasteiger partial charge in [0.15, 0.2) is 0 Å². The molecule has 0 saturated carbocycles. The Hall–Kier alpha value is -3.11. The predicted molar refractivity (Wildman–Crippen MR) is 87.2 cm³/mol. The summed E-state index contributed by atoms with van der Waals surface area (Å²) in [5, 5.41) is 9.94. The summed E-state index contributed by atoms with van der Waals surface area (Å²) in [6.45, 7) is 6.51. The number of carboxylic acid groups (broad SMARTS) is 1. The van der Waals surface area contributed by atoms with Gasteiger partial charge in [-0.1, -0.05) is 0 Å². The molecule has 2 rings (SSSR count). The number of alkyl halides is 3. The van der Waals surface area contributed by atoms with E-state index in [0.29, 0.717) is 23.4 Å². The quantitative estimate of drug-likeness (QED) is 0.827. The number of aryl methyl sites for hydroxylation is 3. The van der Waals surface area contributed by atoms with Crippen molar-refractivity contribution in [3.05, 3.63) is 51.6 Å². The third-order valence-electron chi connectivity index (χ3n) is 3.37. The van der Waals surface area contributed by atoms with Crippen molar-refractivity contribution in [2.75, 3.05) is 0 Å². The SMILES string of the molecule is CCn1cncc1CNC(=O)c1c(C)cc(=O)oc1C.O=C(O)C(F)(F)F. The fourth-order valence-electron chi connectivity index (χ4n) is 2.14. The first-order valence-corrected chi connectivity index (χ1v) is 7.66. The number of hydrogen-bond acceptors (Lipinski definition) is 5. The minimum atomic E-state index is -5.08. The molecule has 0 bridgehead atoms. The molecule has 0 fully saturated rings. The molecule has 0 aromatic carbocycles. The topological polar surface area (TPSA) is 114 Å². The Labute approximate surface area is 151 Å². The summed E-state index contributed by atoms with van der Waals surface area (Å²) in [6.07, 6.45) is -1.64. The Morgan fingerprint density at radius 2 is 1.93 bits per heavy atom. The van der Waals surface area contributed by atoms with Gasteiger partial charge in [0.25, 0.3) is 5.91 Å². The third-order valence-corrected chi connectivity index (χ3v) is 3.37. The van der Waals surface area contributed by atoms with Crippen molar-refractivity contribution < 1.29 is 32.3 Å². The molecule has 1 amide bonds. The second kappa shape index (κ2) is 9.01. The standard InChI is InChI=1S/C14H17N3O3.C2HF3O2/c1-4-17-8-15-6-11(17)7-16-14(19)13-9(2)5-12(18)20-10(13)3;3-2(4,5)1(6)7/h5-6,8H,4,7H2,1-3H3,(H,16,19);(H,6,7). The first-order valence-electron chi connectivity index (χ1n) is 7.66. The van der Waals surface area contributed by atoms with Crippen LogP contribution in [0.3, 0.4) is 0 Å². The lowest BCUT2D eigenvalue weighted by molar-refractivity contribution is -0.192. The zero-order valence-electron chi connectivity index (χ0n) is 14.8. The van der Waals surface area contributed by atoms with Crippen LogP contribution in [0.4, 0.5) is 13.2 Å². The number of nitrogens with one attached hydrogen (secondary N) is 1. The van der Waals surface area contributed by atoms with Crippen molar-refractivity contribution in [2.45, 2.75) is 40.0 Å². The van der Waals surface area contributed by atoms with E-state index in [9.17, 15) is 22.8 Å². The highest BCUT2D eigenvalue weighted by molar-refractivity contribution is 5.96. The highest BCUT2D eigenvalue weighted by Gasteiger charge is 2.38. The van der Waals surface area contributed by atoms with Crippen LogP contribution in [0, 0.1) is 13.8 Å². The van der Waals surface area contributed by atoms with Crippen LogP contribution in [0.2, 0.25) is 0 Å². The second-order valence-corrected chi connectivity index (χ2v) is 5.34. The number of halogens is 3. The molecule has 0 spiro atoms. The molecule has 0 radical (unpaired) electrons. The van der Waals surface area contributed by atoms with Gasteiger partial charge in [0.1, 0.15) is 5.76 Å². The summed E-state index contributed by atoms with van der Waals surface area (Å²) < 4.78 is 38.6. The van der Waals surface area contributed by atoms with E-state index in [4.69, 9.17) is 14.3 Å². The molecule has 0 saturated heterocycles. The molecular formula is C16H18F3N3O5. The van der Waals surface area contributed by atoms with Gasteiger partial charge in [-0.25, -0.2) is 14.6 Å². The number of amides is 1. The van der Waals surface area contributed by atoms with Crippen molar-refractivity contribution >= 4 is 11.9 Å². The molecule has 2 aromatic rings. The molecule has 27 heavy (non-hydrogen) atoms. The number of carbonyl (C=O) groups excluding carboxylic acids is 1. The number of carboxylic acids is 1. The van der Waals surface area contributed by atoms with Crippen LogP contribution in [0.1, 0.15) is 34.3 Å². The Morgan fingerprint density at radius 1 is 1.33 bits per heavy atom. The molecule has 0 aliphatic rings. The average molecular weight is 389 g/mol. The minimum absolute atomic E-state index is 0.257. The van der Waals surface area contributed by atoms with Gasteiger partial charge >= 0.3 is 17.8 Å². The smallest absolute Gasteiger partial charge is 0.475 e. The number of rotatable bonds is 4. The van der Waals surface area contributed by atoms with E-state index in [1.807, 2.05) is 11.5 Å².